The van der Waals surface area contributed by atoms with Crippen LogP contribution in [-0.4, -0.2) is 47.0 Å². The van der Waals surface area contributed by atoms with Crippen LogP contribution in [0.3, 0.4) is 0 Å². The second-order valence-corrected chi connectivity index (χ2v) is 6.37. The Bertz CT molecular complexity index is 881. The molecule has 3 atom stereocenters. The largest absolute Gasteiger partial charge is 0.494 e. The van der Waals surface area contributed by atoms with Crippen LogP contribution in [0.1, 0.15) is 25.5 Å². The Hall–Kier alpha value is -3.01. The molecule has 2 heterocycles. The van der Waals surface area contributed by atoms with Gasteiger partial charge in [0.05, 0.1) is 19.3 Å². The highest BCUT2D eigenvalue weighted by Crippen LogP contribution is 2.28. The number of carbonyl (C=O) groups is 1. The molecule has 1 amide bonds. The van der Waals surface area contributed by atoms with Gasteiger partial charge in [0, 0.05) is 17.8 Å². The summed E-state index contributed by atoms with van der Waals surface area (Å²) in [6, 6.07) is 2.24. The minimum Gasteiger partial charge on any atom is -0.494 e. The fourth-order valence-corrected chi connectivity index (χ4v) is 2.91. The molecule has 10 heteroatoms. The molecule has 1 aromatic carbocycles. The van der Waals surface area contributed by atoms with Crippen molar-refractivity contribution in [1.29, 1.82) is 0 Å². The summed E-state index contributed by atoms with van der Waals surface area (Å²) in [6.07, 6.45) is -0.0486. The highest BCUT2D eigenvalue weighted by molar-refractivity contribution is 5.89. The number of aliphatic hydroxyl groups is 1. The molecule has 1 aromatic heterocycles. The van der Waals surface area contributed by atoms with Crippen molar-refractivity contribution in [2.45, 2.75) is 32.0 Å². The van der Waals surface area contributed by atoms with E-state index in [0.29, 0.717) is 0 Å². The standard InChI is InChI=1S/C18H20F2N4O4/c1-9(11-6-13(20)15(27-3)7-12(11)19)22-17-21-5-4-16(23-17)24-14(10(2)25)8-28-18(24)26/h4-7,9-10,14,25H,8H2,1-3H3,(H,21,22,23)/t9-,10+,14+/m0/s1. The number of halogens is 2. The Labute approximate surface area is 160 Å². The summed E-state index contributed by atoms with van der Waals surface area (Å²) in [6.45, 7) is 3.20. The Balaban J connectivity index is 1.83. The van der Waals surface area contributed by atoms with Crippen LogP contribution in [0.5, 0.6) is 5.75 Å². The van der Waals surface area contributed by atoms with Gasteiger partial charge in [-0.05, 0) is 26.0 Å². The van der Waals surface area contributed by atoms with E-state index < -0.39 is 35.9 Å². The first kappa shape index (κ1) is 19.7. The molecule has 0 saturated carbocycles. The zero-order valence-electron chi connectivity index (χ0n) is 15.5. The van der Waals surface area contributed by atoms with Gasteiger partial charge in [-0.15, -0.1) is 0 Å². The SMILES string of the molecule is COc1cc(F)c([C@H](C)Nc2nccc(N3C(=O)OC[C@@H]3[C@@H](C)O)n2)cc1F. The topological polar surface area (TPSA) is 96.8 Å². The van der Waals surface area contributed by atoms with Crippen molar-refractivity contribution < 1.29 is 28.2 Å². The van der Waals surface area contributed by atoms with Crippen LogP contribution in [0, 0.1) is 11.6 Å². The number of cyclic esters (lactones) is 1. The highest BCUT2D eigenvalue weighted by Gasteiger charge is 2.38. The number of methoxy groups -OCH3 is 1. The maximum Gasteiger partial charge on any atom is 0.416 e. The number of anilines is 2. The average Bonchev–Trinajstić information content (AvgIpc) is 3.05. The van der Waals surface area contributed by atoms with E-state index in [1.54, 1.807) is 13.8 Å². The zero-order valence-corrected chi connectivity index (χ0v) is 15.5. The summed E-state index contributed by atoms with van der Waals surface area (Å²) in [7, 11) is 1.25. The zero-order chi connectivity index (χ0) is 20.4. The first-order chi connectivity index (χ1) is 13.3. The van der Waals surface area contributed by atoms with Crippen LogP contribution in [0.2, 0.25) is 0 Å². The lowest BCUT2D eigenvalue weighted by Gasteiger charge is -2.23. The molecule has 28 heavy (non-hydrogen) atoms. The molecule has 150 valence electrons. The van der Waals surface area contributed by atoms with Crippen molar-refractivity contribution >= 4 is 17.9 Å². The van der Waals surface area contributed by atoms with Crippen LogP contribution in [-0.2, 0) is 4.74 Å². The maximum absolute atomic E-state index is 14.3. The van der Waals surface area contributed by atoms with Crippen LogP contribution in [0.4, 0.5) is 25.3 Å². The fourth-order valence-electron chi connectivity index (χ4n) is 2.91. The third-order valence-electron chi connectivity index (χ3n) is 4.43. The van der Waals surface area contributed by atoms with E-state index in [4.69, 9.17) is 9.47 Å². The third-order valence-corrected chi connectivity index (χ3v) is 4.43. The van der Waals surface area contributed by atoms with E-state index in [-0.39, 0.29) is 29.7 Å². The summed E-state index contributed by atoms with van der Waals surface area (Å²) in [5.41, 5.74) is 0.0646. The van der Waals surface area contributed by atoms with Gasteiger partial charge in [0.2, 0.25) is 5.95 Å². The number of benzene rings is 1. The molecule has 0 unspecified atom stereocenters. The van der Waals surface area contributed by atoms with Crippen molar-refractivity contribution in [3.8, 4) is 5.75 Å². The summed E-state index contributed by atoms with van der Waals surface area (Å²) >= 11 is 0. The summed E-state index contributed by atoms with van der Waals surface area (Å²) < 4.78 is 37.9. The van der Waals surface area contributed by atoms with Gasteiger partial charge < -0.3 is 19.9 Å². The van der Waals surface area contributed by atoms with Crippen LogP contribution >= 0.6 is 0 Å². The lowest BCUT2D eigenvalue weighted by atomic mass is 10.1. The van der Waals surface area contributed by atoms with Crippen molar-refractivity contribution in [3.05, 3.63) is 41.6 Å². The molecule has 2 aromatic rings. The van der Waals surface area contributed by atoms with Crippen LogP contribution < -0.4 is 15.0 Å². The molecular weight excluding hydrogens is 374 g/mol. The number of carbonyl (C=O) groups excluding carboxylic acids is 1. The van der Waals surface area contributed by atoms with Gasteiger partial charge in [-0.2, -0.15) is 4.98 Å². The van der Waals surface area contributed by atoms with Gasteiger partial charge in [0.25, 0.3) is 0 Å². The number of hydrogen-bond donors (Lipinski definition) is 2. The summed E-state index contributed by atoms with van der Waals surface area (Å²) in [4.78, 5) is 21.5. The van der Waals surface area contributed by atoms with Crippen LogP contribution in [0.25, 0.3) is 0 Å². The van der Waals surface area contributed by atoms with E-state index in [1.165, 1.54) is 24.3 Å². The fraction of sp³-hybridized carbons (Fsp3) is 0.389. The third kappa shape index (κ3) is 3.81. The monoisotopic (exact) mass is 394 g/mol. The Morgan fingerprint density at radius 1 is 1.36 bits per heavy atom. The van der Waals surface area contributed by atoms with Crippen molar-refractivity contribution in [2.75, 3.05) is 23.9 Å². The molecule has 2 N–H and O–H groups in total. The number of aliphatic hydroxyl groups excluding tert-OH is 1. The van der Waals surface area contributed by atoms with Gasteiger partial charge in [-0.1, -0.05) is 0 Å². The van der Waals surface area contributed by atoms with Gasteiger partial charge in [0.15, 0.2) is 11.6 Å². The van der Waals surface area contributed by atoms with Crippen LogP contribution in [0.15, 0.2) is 24.4 Å². The molecule has 0 radical (unpaired) electrons. The molecule has 8 nitrogen and oxygen atoms in total. The molecule has 0 bridgehead atoms. The Morgan fingerprint density at radius 2 is 2.11 bits per heavy atom. The van der Waals surface area contributed by atoms with Crippen molar-refractivity contribution in [1.82, 2.24) is 9.97 Å². The van der Waals surface area contributed by atoms with E-state index in [9.17, 15) is 18.7 Å². The normalized spacial score (nSPS) is 18.6. The summed E-state index contributed by atoms with van der Waals surface area (Å²) in [5, 5.41) is 12.7. The molecule has 1 fully saturated rings. The smallest absolute Gasteiger partial charge is 0.416 e. The number of ether oxygens (including phenoxy) is 2. The van der Waals surface area contributed by atoms with Gasteiger partial charge in [0.1, 0.15) is 24.3 Å². The van der Waals surface area contributed by atoms with Gasteiger partial charge in [-0.3, -0.25) is 4.90 Å². The van der Waals surface area contributed by atoms with E-state index in [1.807, 2.05) is 0 Å². The number of hydrogen-bond acceptors (Lipinski definition) is 7. The number of rotatable bonds is 6. The number of aromatic nitrogens is 2. The summed E-state index contributed by atoms with van der Waals surface area (Å²) in [5.74, 6) is -1.21. The highest BCUT2D eigenvalue weighted by atomic mass is 19.1. The molecule has 0 aliphatic carbocycles. The molecule has 1 saturated heterocycles. The predicted molar refractivity (Wildman–Crippen MR) is 96.3 cm³/mol. The Kier molecular flexibility index (Phi) is 5.59. The second kappa shape index (κ2) is 7.93. The second-order valence-electron chi connectivity index (χ2n) is 6.37. The molecule has 3 rings (SSSR count). The van der Waals surface area contributed by atoms with Gasteiger partial charge >= 0.3 is 6.09 Å². The molecule has 1 aliphatic heterocycles. The lowest BCUT2D eigenvalue weighted by molar-refractivity contribution is 0.142. The first-order valence-corrected chi connectivity index (χ1v) is 8.58. The minimum absolute atomic E-state index is 0.0377. The quantitative estimate of drug-likeness (QED) is 0.777. The van der Waals surface area contributed by atoms with E-state index >= 15 is 0 Å². The predicted octanol–water partition coefficient (Wildman–Crippen LogP) is 2.64. The minimum atomic E-state index is -0.826. The van der Waals surface area contributed by atoms with Crippen molar-refractivity contribution in [2.24, 2.45) is 0 Å². The molecular formula is C18H20F2N4O4. The van der Waals surface area contributed by atoms with E-state index in [2.05, 4.69) is 15.3 Å². The van der Waals surface area contributed by atoms with E-state index in [0.717, 1.165) is 12.1 Å². The molecule has 1 aliphatic rings. The number of amides is 1. The number of nitrogens with one attached hydrogen (secondary N) is 1. The average molecular weight is 394 g/mol. The Morgan fingerprint density at radius 3 is 2.79 bits per heavy atom. The lowest BCUT2D eigenvalue weighted by Crippen LogP contribution is -2.41. The van der Waals surface area contributed by atoms with Crippen molar-refractivity contribution in [3.63, 3.8) is 0 Å². The maximum atomic E-state index is 14.3. The number of nitrogens with zero attached hydrogens (tertiary/aromatic N) is 3. The molecule has 0 spiro atoms. The van der Waals surface area contributed by atoms with Gasteiger partial charge in [-0.25, -0.2) is 18.6 Å². The first-order valence-electron chi connectivity index (χ1n) is 8.58.